The lowest BCUT2D eigenvalue weighted by Crippen LogP contribution is -2.40. The van der Waals surface area contributed by atoms with Gasteiger partial charge in [-0.25, -0.2) is 9.69 Å². The number of nitro groups is 1. The van der Waals surface area contributed by atoms with Crippen molar-refractivity contribution in [1.29, 1.82) is 0 Å². The van der Waals surface area contributed by atoms with Crippen molar-refractivity contribution in [2.45, 2.75) is 6.42 Å². The van der Waals surface area contributed by atoms with Gasteiger partial charge in [-0.05, 0) is 84.7 Å². The lowest BCUT2D eigenvalue weighted by molar-refractivity contribution is -0.384. The van der Waals surface area contributed by atoms with Gasteiger partial charge in [-0.3, -0.25) is 24.5 Å². The highest BCUT2D eigenvalue weighted by molar-refractivity contribution is 6.23. The van der Waals surface area contributed by atoms with E-state index in [1.807, 2.05) is 0 Å². The van der Waals surface area contributed by atoms with Crippen LogP contribution in [0.15, 0.2) is 84.9 Å². The number of Topliss-reactive ketones (excluding diaryl/α,β-unsaturated/α-hetero) is 1. The fourth-order valence-corrected chi connectivity index (χ4v) is 6.76. The normalized spacial score (nSPS) is 26.4. The van der Waals surface area contributed by atoms with E-state index in [2.05, 4.69) is 12.2 Å². The van der Waals surface area contributed by atoms with E-state index in [1.54, 1.807) is 24.3 Å². The second-order valence-corrected chi connectivity index (χ2v) is 11.1. The van der Waals surface area contributed by atoms with E-state index in [1.165, 1.54) is 53.4 Å². The van der Waals surface area contributed by atoms with Crippen LogP contribution in [-0.2, 0) is 14.3 Å². The summed E-state index contributed by atoms with van der Waals surface area (Å²) in [5.74, 6) is -0.264. The zero-order valence-corrected chi connectivity index (χ0v) is 22.1. The SMILES string of the molecule is O=C(COC(=O)c1cccc(N2C(=O)[C@@H]3[C@H]4C=C[C@@H]([C@@H]5C[C@H]45)[C@@H]3C2=O)c1)c1ccc(Oc2ccc([N+](=O)[O-])cc2)cc1. The number of nitrogens with zero attached hydrogens (tertiary/aromatic N) is 2. The number of ether oxygens (including phenoxy) is 2. The first-order valence-electron chi connectivity index (χ1n) is 13.7. The Bertz CT molecular complexity index is 1640. The zero-order valence-electron chi connectivity index (χ0n) is 22.1. The molecular weight excluding hydrogens is 540 g/mol. The maximum absolute atomic E-state index is 13.4. The Morgan fingerprint density at radius 1 is 0.833 bits per heavy atom. The number of amides is 2. The molecule has 8 rings (SSSR count). The highest BCUT2D eigenvalue weighted by Gasteiger charge is 2.67. The molecule has 0 N–H and O–H groups in total. The average Bonchev–Trinajstić information content (AvgIpc) is 3.79. The average molecular weight is 565 g/mol. The summed E-state index contributed by atoms with van der Waals surface area (Å²) in [6.07, 6.45) is 5.30. The van der Waals surface area contributed by atoms with Crippen LogP contribution >= 0.6 is 0 Å². The molecule has 0 radical (unpaired) electrons. The van der Waals surface area contributed by atoms with Crippen molar-refractivity contribution in [2.75, 3.05) is 11.5 Å². The van der Waals surface area contributed by atoms with Crippen LogP contribution in [0.5, 0.6) is 11.5 Å². The summed E-state index contributed by atoms with van der Waals surface area (Å²) in [4.78, 5) is 63.8. The second kappa shape index (κ2) is 9.76. The second-order valence-electron chi connectivity index (χ2n) is 11.1. The minimum atomic E-state index is -0.747. The van der Waals surface area contributed by atoms with Crippen LogP contribution in [0.2, 0.25) is 0 Å². The minimum absolute atomic E-state index is 0.0549. The number of esters is 1. The van der Waals surface area contributed by atoms with Crippen LogP contribution in [0.4, 0.5) is 11.4 Å². The highest BCUT2D eigenvalue weighted by Crippen LogP contribution is 2.65. The van der Waals surface area contributed by atoms with Crippen molar-refractivity contribution in [1.82, 2.24) is 0 Å². The van der Waals surface area contributed by atoms with Gasteiger partial charge < -0.3 is 9.47 Å². The molecule has 5 aliphatic rings. The van der Waals surface area contributed by atoms with Gasteiger partial charge in [0.05, 0.1) is 28.0 Å². The van der Waals surface area contributed by atoms with Crippen LogP contribution in [0.1, 0.15) is 27.1 Å². The van der Waals surface area contributed by atoms with Crippen LogP contribution in [-0.4, -0.2) is 35.1 Å². The molecule has 10 nitrogen and oxygen atoms in total. The molecule has 3 aromatic carbocycles. The Morgan fingerprint density at radius 3 is 2.02 bits per heavy atom. The molecule has 1 aliphatic heterocycles. The lowest BCUT2D eigenvalue weighted by Gasteiger charge is -2.37. The summed E-state index contributed by atoms with van der Waals surface area (Å²) in [5, 5.41) is 10.8. The quantitative estimate of drug-likeness (QED) is 0.0934. The number of hydrogen-bond donors (Lipinski definition) is 0. The molecule has 3 fully saturated rings. The van der Waals surface area contributed by atoms with E-state index < -0.39 is 23.3 Å². The summed E-state index contributed by atoms with van der Waals surface area (Å²) in [6, 6.07) is 17.9. The van der Waals surface area contributed by atoms with Gasteiger partial charge in [-0.2, -0.15) is 0 Å². The molecular formula is C32H24N2O8. The number of benzene rings is 3. The van der Waals surface area contributed by atoms with E-state index in [4.69, 9.17) is 9.47 Å². The van der Waals surface area contributed by atoms with E-state index in [0.29, 0.717) is 34.6 Å². The largest absolute Gasteiger partial charge is 0.457 e. The first-order chi connectivity index (χ1) is 20.3. The van der Waals surface area contributed by atoms with E-state index in [0.717, 1.165) is 6.42 Å². The number of imide groups is 1. The van der Waals surface area contributed by atoms with Gasteiger partial charge in [0.1, 0.15) is 11.5 Å². The molecule has 3 aromatic rings. The molecule has 2 amide bonds. The van der Waals surface area contributed by atoms with Gasteiger partial charge in [0.2, 0.25) is 11.8 Å². The smallest absolute Gasteiger partial charge is 0.338 e. The first-order valence-corrected chi connectivity index (χ1v) is 13.7. The van der Waals surface area contributed by atoms with Gasteiger partial charge in [0.15, 0.2) is 12.4 Å². The summed E-state index contributed by atoms with van der Waals surface area (Å²) < 4.78 is 10.9. The van der Waals surface area contributed by atoms with Gasteiger partial charge in [0.25, 0.3) is 5.69 Å². The van der Waals surface area contributed by atoms with E-state index in [9.17, 15) is 29.3 Å². The molecule has 210 valence electrons. The molecule has 2 bridgehead atoms. The van der Waals surface area contributed by atoms with Crippen LogP contribution in [0.25, 0.3) is 0 Å². The fourth-order valence-electron chi connectivity index (χ4n) is 6.76. The Kier molecular flexibility index (Phi) is 6.00. The Balaban J connectivity index is 0.978. The number of anilines is 1. The van der Waals surface area contributed by atoms with Gasteiger partial charge in [-0.1, -0.05) is 18.2 Å². The molecule has 1 saturated heterocycles. The van der Waals surface area contributed by atoms with Crippen molar-refractivity contribution < 1.29 is 33.6 Å². The monoisotopic (exact) mass is 564 g/mol. The predicted octanol–water partition coefficient (Wildman–Crippen LogP) is 4.98. The molecule has 2 saturated carbocycles. The Labute approximate surface area is 239 Å². The van der Waals surface area contributed by atoms with E-state index in [-0.39, 0.29) is 46.7 Å². The fraction of sp³-hybridized carbons (Fsp3) is 0.250. The van der Waals surface area contributed by atoms with Crippen molar-refractivity contribution in [3.8, 4) is 11.5 Å². The molecule has 0 unspecified atom stereocenters. The number of ketones is 1. The standard InChI is InChI=1S/C32H24N2O8/c35-27(17-4-8-21(9-5-17)42-22-10-6-19(7-11-22)34(39)40)16-41-32(38)18-2-1-3-20(14-18)33-30(36)28-23-12-13-24(26-15-25(23)26)29(28)31(33)37/h1-14,23-26,28-29H,15-16H2/t23-,24-,25-,26+,28-,29+/m0/s1. The maximum Gasteiger partial charge on any atom is 0.338 e. The molecule has 6 atom stereocenters. The molecule has 0 spiro atoms. The summed E-state index contributed by atoms with van der Waals surface area (Å²) >= 11 is 0. The minimum Gasteiger partial charge on any atom is -0.457 e. The zero-order chi connectivity index (χ0) is 29.1. The van der Waals surface area contributed by atoms with Crippen LogP contribution in [0, 0.1) is 45.6 Å². The first kappa shape index (κ1) is 25.8. The number of non-ortho nitro benzene ring substituents is 1. The van der Waals surface area contributed by atoms with Crippen molar-refractivity contribution in [3.63, 3.8) is 0 Å². The summed E-state index contributed by atoms with van der Waals surface area (Å²) in [6.45, 7) is -0.505. The number of nitro benzene ring substituents is 1. The third kappa shape index (κ3) is 4.27. The summed E-state index contributed by atoms with van der Waals surface area (Å²) in [5.41, 5.74) is 0.703. The number of carbonyl (C=O) groups excluding carboxylic acids is 4. The van der Waals surface area contributed by atoms with Crippen molar-refractivity contribution >= 4 is 34.9 Å². The molecule has 1 heterocycles. The Hall–Kier alpha value is -5.12. The highest BCUT2D eigenvalue weighted by atomic mass is 16.6. The van der Waals surface area contributed by atoms with Crippen molar-refractivity contribution in [2.24, 2.45) is 35.5 Å². The topological polar surface area (TPSA) is 133 Å². The van der Waals surface area contributed by atoms with Gasteiger partial charge >= 0.3 is 5.97 Å². The molecule has 42 heavy (non-hydrogen) atoms. The number of allylic oxidation sites excluding steroid dienone is 2. The Morgan fingerprint density at radius 2 is 1.43 bits per heavy atom. The number of rotatable bonds is 8. The van der Waals surface area contributed by atoms with Gasteiger partial charge in [-0.15, -0.1) is 0 Å². The lowest BCUT2D eigenvalue weighted by atomic mass is 9.63. The third-order valence-corrected chi connectivity index (χ3v) is 8.80. The molecule has 10 heteroatoms. The van der Waals surface area contributed by atoms with Crippen LogP contribution in [0.3, 0.4) is 0 Å². The molecule has 0 aromatic heterocycles. The molecule has 4 aliphatic carbocycles. The van der Waals surface area contributed by atoms with E-state index >= 15 is 0 Å². The number of carbonyl (C=O) groups is 4. The summed E-state index contributed by atoms with van der Waals surface area (Å²) in [7, 11) is 0. The number of hydrogen-bond acceptors (Lipinski definition) is 8. The van der Waals surface area contributed by atoms with Crippen LogP contribution < -0.4 is 9.64 Å². The third-order valence-electron chi connectivity index (χ3n) is 8.80. The predicted molar refractivity (Wildman–Crippen MR) is 148 cm³/mol. The maximum atomic E-state index is 13.4. The van der Waals surface area contributed by atoms with Gasteiger partial charge in [0, 0.05) is 17.7 Å². The van der Waals surface area contributed by atoms with Crippen molar-refractivity contribution in [3.05, 3.63) is 106 Å².